The molecular weight excluding hydrogens is 279 g/mol. The first-order valence-corrected chi connectivity index (χ1v) is 7.61. The third-order valence-corrected chi connectivity index (χ3v) is 4.28. The molecule has 1 atom stereocenters. The zero-order valence-corrected chi connectivity index (χ0v) is 12.2. The van der Waals surface area contributed by atoms with Crippen molar-refractivity contribution in [2.24, 2.45) is 0 Å². The summed E-state index contributed by atoms with van der Waals surface area (Å²) in [6.45, 7) is 2.45. The first-order chi connectivity index (χ1) is 10.8. The Balaban J connectivity index is 1.49. The highest BCUT2D eigenvalue weighted by atomic mass is 19.1. The molecule has 0 radical (unpaired) electrons. The maximum atomic E-state index is 13.7. The fourth-order valence-corrected chi connectivity index (χ4v) is 3.11. The molecule has 0 N–H and O–H groups in total. The second kappa shape index (κ2) is 5.54. The highest BCUT2D eigenvalue weighted by Crippen LogP contribution is 2.30. The molecule has 0 aliphatic carbocycles. The molecule has 4 heteroatoms. The van der Waals surface area contributed by atoms with Crippen LogP contribution in [0.3, 0.4) is 0 Å². The number of likely N-dealkylation sites (tertiary alicyclic amines) is 1. The van der Waals surface area contributed by atoms with Gasteiger partial charge in [-0.3, -0.25) is 4.90 Å². The van der Waals surface area contributed by atoms with Gasteiger partial charge in [0.2, 0.25) is 0 Å². The first-order valence-electron chi connectivity index (χ1n) is 7.61. The number of halogens is 1. The number of fused-ring (bicyclic) bond motifs is 1. The van der Waals surface area contributed by atoms with Gasteiger partial charge in [-0.2, -0.15) is 0 Å². The van der Waals surface area contributed by atoms with Gasteiger partial charge in [0.25, 0.3) is 0 Å². The minimum absolute atomic E-state index is 0.132. The molecule has 4 rings (SSSR count). The first kappa shape index (κ1) is 13.5. The lowest BCUT2D eigenvalue weighted by Gasteiger charge is -2.15. The Kier molecular flexibility index (Phi) is 3.39. The van der Waals surface area contributed by atoms with E-state index in [0.717, 1.165) is 42.1 Å². The number of nitrogens with zero attached hydrogens (tertiary/aromatic N) is 2. The van der Waals surface area contributed by atoms with Crippen molar-refractivity contribution in [1.82, 2.24) is 9.88 Å². The minimum Gasteiger partial charge on any atom is -0.440 e. The summed E-state index contributed by atoms with van der Waals surface area (Å²) in [5.41, 5.74) is 2.50. The topological polar surface area (TPSA) is 29.3 Å². The molecule has 0 spiro atoms. The van der Waals surface area contributed by atoms with E-state index >= 15 is 0 Å². The Morgan fingerprint density at radius 2 is 1.95 bits per heavy atom. The van der Waals surface area contributed by atoms with Gasteiger partial charge in [0.1, 0.15) is 11.3 Å². The Morgan fingerprint density at radius 3 is 2.82 bits per heavy atom. The number of rotatable bonds is 3. The van der Waals surface area contributed by atoms with Crippen molar-refractivity contribution in [3.8, 4) is 0 Å². The molecule has 3 nitrogen and oxygen atoms in total. The summed E-state index contributed by atoms with van der Waals surface area (Å²) < 4.78 is 19.6. The van der Waals surface area contributed by atoms with Crippen molar-refractivity contribution < 1.29 is 8.81 Å². The number of hydrogen-bond donors (Lipinski definition) is 0. The average Bonchev–Trinajstić information content (AvgIpc) is 3.15. The van der Waals surface area contributed by atoms with Crippen LogP contribution in [0.5, 0.6) is 0 Å². The van der Waals surface area contributed by atoms with Crippen molar-refractivity contribution in [3.05, 3.63) is 65.8 Å². The van der Waals surface area contributed by atoms with E-state index in [1.807, 2.05) is 36.4 Å². The normalized spacial score (nSPS) is 19.0. The SMILES string of the molecule is Fc1ccccc1CN1CC[C@H](c2nc3ccccc3o2)C1. The fourth-order valence-electron chi connectivity index (χ4n) is 3.11. The summed E-state index contributed by atoms with van der Waals surface area (Å²) in [6.07, 6.45) is 1.00. The van der Waals surface area contributed by atoms with Crippen LogP contribution >= 0.6 is 0 Å². The molecule has 112 valence electrons. The summed E-state index contributed by atoms with van der Waals surface area (Å²) in [7, 11) is 0. The van der Waals surface area contributed by atoms with Crippen LogP contribution in [0.4, 0.5) is 4.39 Å². The van der Waals surface area contributed by atoms with Crippen molar-refractivity contribution in [2.75, 3.05) is 13.1 Å². The molecule has 0 amide bonds. The van der Waals surface area contributed by atoms with E-state index in [9.17, 15) is 4.39 Å². The molecule has 2 aromatic carbocycles. The number of para-hydroxylation sites is 2. The molecule has 0 saturated carbocycles. The van der Waals surface area contributed by atoms with E-state index in [2.05, 4.69) is 9.88 Å². The molecular formula is C18H17FN2O. The predicted molar refractivity (Wildman–Crippen MR) is 83.0 cm³/mol. The van der Waals surface area contributed by atoms with Gasteiger partial charge >= 0.3 is 0 Å². The molecule has 0 unspecified atom stereocenters. The van der Waals surface area contributed by atoms with Gasteiger partial charge in [-0.15, -0.1) is 0 Å². The summed E-state index contributed by atoms with van der Waals surface area (Å²) in [6, 6.07) is 14.8. The molecule has 1 aliphatic rings. The number of hydrogen-bond acceptors (Lipinski definition) is 3. The molecule has 0 bridgehead atoms. The van der Waals surface area contributed by atoms with Crippen LogP contribution in [0.15, 0.2) is 52.9 Å². The number of benzene rings is 2. The van der Waals surface area contributed by atoms with Crippen LogP contribution < -0.4 is 0 Å². The minimum atomic E-state index is -0.132. The number of aromatic nitrogens is 1. The molecule has 1 aromatic heterocycles. The van der Waals surface area contributed by atoms with Crippen molar-refractivity contribution in [1.29, 1.82) is 0 Å². The van der Waals surface area contributed by atoms with Crippen LogP contribution in [0.1, 0.15) is 23.8 Å². The fraction of sp³-hybridized carbons (Fsp3) is 0.278. The monoisotopic (exact) mass is 296 g/mol. The van der Waals surface area contributed by atoms with Crippen LogP contribution in [0, 0.1) is 5.82 Å². The summed E-state index contributed by atoms with van der Waals surface area (Å²) >= 11 is 0. The van der Waals surface area contributed by atoms with Crippen molar-refractivity contribution >= 4 is 11.1 Å². The number of oxazole rings is 1. The molecule has 22 heavy (non-hydrogen) atoms. The van der Waals surface area contributed by atoms with Crippen molar-refractivity contribution in [2.45, 2.75) is 18.9 Å². The van der Waals surface area contributed by atoms with E-state index in [-0.39, 0.29) is 5.82 Å². The van der Waals surface area contributed by atoms with Gasteiger partial charge in [-0.05, 0) is 31.2 Å². The lowest BCUT2D eigenvalue weighted by Crippen LogP contribution is -2.20. The summed E-state index contributed by atoms with van der Waals surface area (Å²) in [5, 5.41) is 0. The third-order valence-electron chi connectivity index (χ3n) is 4.28. The molecule has 3 aromatic rings. The van der Waals surface area contributed by atoms with Gasteiger partial charge < -0.3 is 4.42 Å². The molecule has 1 fully saturated rings. The lowest BCUT2D eigenvalue weighted by molar-refractivity contribution is 0.315. The van der Waals surface area contributed by atoms with Gasteiger partial charge in [0.05, 0.1) is 0 Å². The molecule has 2 heterocycles. The Morgan fingerprint density at radius 1 is 1.14 bits per heavy atom. The second-order valence-electron chi connectivity index (χ2n) is 5.83. The predicted octanol–water partition coefficient (Wildman–Crippen LogP) is 3.96. The van der Waals surface area contributed by atoms with Gasteiger partial charge in [0.15, 0.2) is 11.5 Å². The largest absolute Gasteiger partial charge is 0.440 e. The highest BCUT2D eigenvalue weighted by molar-refractivity contribution is 5.72. The van der Waals surface area contributed by atoms with Gasteiger partial charge in [-0.1, -0.05) is 30.3 Å². The smallest absolute Gasteiger partial charge is 0.199 e. The van der Waals surface area contributed by atoms with Gasteiger partial charge in [-0.25, -0.2) is 9.37 Å². The van der Waals surface area contributed by atoms with Crippen LogP contribution in [0.2, 0.25) is 0 Å². The maximum Gasteiger partial charge on any atom is 0.199 e. The lowest BCUT2D eigenvalue weighted by atomic mass is 10.1. The standard InChI is InChI=1S/C18H17FN2O/c19-15-6-2-1-5-13(15)11-21-10-9-14(12-21)18-20-16-7-3-4-8-17(16)22-18/h1-8,14H,9-12H2/t14-/m0/s1. The van der Waals surface area contributed by atoms with E-state index in [1.54, 1.807) is 6.07 Å². The summed E-state index contributed by atoms with van der Waals surface area (Å²) in [5.74, 6) is 0.962. The Hall–Kier alpha value is -2.20. The maximum absolute atomic E-state index is 13.7. The van der Waals surface area contributed by atoms with Crippen LogP contribution in [-0.2, 0) is 6.54 Å². The second-order valence-corrected chi connectivity index (χ2v) is 5.83. The quantitative estimate of drug-likeness (QED) is 0.732. The van der Waals surface area contributed by atoms with Crippen LogP contribution in [-0.4, -0.2) is 23.0 Å². The van der Waals surface area contributed by atoms with Crippen LogP contribution in [0.25, 0.3) is 11.1 Å². The summed E-state index contributed by atoms with van der Waals surface area (Å²) in [4.78, 5) is 6.85. The van der Waals surface area contributed by atoms with E-state index in [1.165, 1.54) is 6.07 Å². The van der Waals surface area contributed by atoms with E-state index in [4.69, 9.17) is 4.42 Å². The third kappa shape index (κ3) is 2.50. The zero-order valence-electron chi connectivity index (χ0n) is 12.2. The van der Waals surface area contributed by atoms with Gasteiger partial charge in [0, 0.05) is 24.6 Å². The van der Waals surface area contributed by atoms with Crippen molar-refractivity contribution in [3.63, 3.8) is 0 Å². The Labute approximate surface area is 128 Å². The highest BCUT2D eigenvalue weighted by Gasteiger charge is 2.28. The molecule has 1 saturated heterocycles. The van der Waals surface area contributed by atoms with E-state index < -0.39 is 0 Å². The Bertz CT molecular complexity index is 765. The zero-order chi connectivity index (χ0) is 14.9. The molecule has 1 aliphatic heterocycles. The van der Waals surface area contributed by atoms with E-state index in [0.29, 0.717) is 12.5 Å². The average molecular weight is 296 g/mol.